The van der Waals surface area contributed by atoms with E-state index in [9.17, 15) is 4.79 Å². The zero-order valence-electron chi connectivity index (χ0n) is 10.5. The summed E-state index contributed by atoms with van der Waals surface area (Å²) >= 11 is 6.12. The van der Waals surface area contributed by atoms with Crippen LogP contribution in [0.1, 0.15) is 25.5 Å². The predicted molar refractivity (Wildman–Crippen MR) is 66.2 cm³/mol. The highest BCUT2D eigenvalue weighted by atomic mass is 35.5. The number of methoxy groups -OCH3 is 1. The number of carbonyl (C=O) groups is 1. The molecule has 0 bridgehead atoms. The molecule has 0 amide bonds. The molecule has 1 saturated heterocycles. The van der Waals surface area contributed by atoms with Crippen LogP contribution >= 0.6 is 11.6 Å². The van der Waals surface area contributed by atoms with E-state index in [2.05, 4.69) is 0 Å². The standard InChI is InChI=1S/C13H15ClO4/c1-13(2)17-10(11(18-13)12(15)16-3)8-6-4-5-7-9(8)14/h4-7,10-11H,1-3H3/t10-,11-/m1/s1. The van der Waals surface area contributed by atoms with Crippen molar-refractivity contribution >= 4 is 17.6 Å². The minimum absolute atomic E-state index is 0.467. The van der Waals surface area contributed by atoms with Gasteiger partial charge in [0.05, 0.1) is 7.11 Å². The molecule has 1 aromatic rings. The molecule has 1 aromatic carbocycles. The quantitative estimate of drug-likeness (QED) is 0.775. The third-order valence-electron chi connectivity index (χ3n) is 2.74. The maximum absolute atomic E-state index is 11.7. The third kappa shape index (κ3) is 2.51. The molecule has 1 aliphatic heterocycles. The molecular weight excluding hydrogens is 256 g/mol. The summed E-state index contributed by atoms with van der Waals surface area (Å²) in [6.45, 7) is 3.50. The lowest BCUT2D eigenvalue weighted by molar-refractivity contribution is -0.168. The molecule has 0 radical (unpaired) electrons. The number of ether oxygens (including phenoxy) is 3. The van der Waals surface area contributed by atoms with Crippen LogP contribution in [0.3, 0.4) is 0 Å². The van der Waals surface area contributed by atoms with Gasteiger partial charge in [-0.1, -0.05) is 29.8 Å². The van der Waals surface area contributed by atoms with Crippen molar-refractivity contribution in [3.63, 3.8) is 0 Å². The maximum atomic E-state index is 11.7. The topological polar surface area (TPSA) is 44.8 Å². The van der Waals surface area contributed by atoms with Crippen molar-refractivity contribution in [3.8, 4) is 0 Å². The molecule has 1 fully saturated rings. The number of hydrogen-bond donors (Lipinski definition) is 0. The van der Waals surface area contributed by atoms with Crippen LogP contribution in [-0.2, 0) is 19.0 Å². The van der Waals surface area contributed by atoms with Crippen molar-refractivity contribution in [2.24, 2.45) is 0 Å². The lowest BCUT2D eigenvalue weighted by atomic mass is 10.0. The molecule has 0 unspecified atom stereocenters. The van der Waals surface area contributed by atoms with Crippen molar-refractivity contribution < 1.29 is 19.0 Å². The zero-order valence-corrected chi connectivity index (χ0v) is 11.2. The van der Waals surface area contributed by atoms with Gasteiger partial charge < -0.3 is 14.2 Å². The molecule has 2 atom stereocenters. The first kappa shape index (κ1) is 13.3. The summed E-state index contributed by atoms with van der Waals surface area (Å²) in [5.41, 5.74) is 0.722. The van der Waals surface area contributed by atoms with Gasteiger partial charge in [0.25, 0.3) is 0 Å². The molecule has 1 aliphatic rings. The van der Waals surface area contributed by atoms with Gasteiger partial charge in [-0.15, -0.1) is 0 Å². The van der Waals surface area contributed by atoms with E-state index in [-0.39, 0.29) is 0 Å². The Morgan fingerprint density at radius 2 is 2.00 bits per heavy atom. The minimum atomic E-state index is -0.845. The summed E-state index contributed by atoms with van der Waals surface area (Å²) in [5.74, 6) is -1.31. The Balaban J connectivity index is 2.35. The third-order valence-corrected chi connectivity index (χ3v) is 3.09. The van der Waals surface area contributed by atoms with E-state index in [0.717, 1.165) is 5.56 Å². The van der Waals surface area contributed by atoms with Crippen LogP contribution in [0.5, 0.6) is 0 Å². The van der Waals surface area contributed by atoms with Crippen molar-refractivity contribution in [1.82, 2.24) is 0 Å². The summed E-state index contributed by atoms with van der Waals surface area (Å²) in [4.78, 5) is 11.7. The highest BCUT2D eigenvalue weighted by molar-refractivity contribution is 6.31. The van der Waals surface area contributed by atoms with Crippen LogP contribution in [0.4, 0.5) is 0 Å². The molecule has 0 spiro atoms. The van der Waals surface area contributed by atoms with Crippen LogP contribution in [0.2, 0.25) is 5.02 Å². The highest BCUT2D eigenvalue weighted by Crippen LogP contribution is 2.40. The molecule has 2 rings (SSSR count). The smallest absolute Gasteiger partial charge is 0.338 e. The van der Waals surface area contributed by atoms with Crippen molar-refractivity contribution in [3.05, 3.63) is 34.9 Å². The Morgan fingerprint density at radius 1 is 1.33 bits per heavy atom. The van der Waals surface area contributed by atoms with E-state index in [1.54, 1.807) is 19.9 Å². The molecule has 98 valence electrons. The van der Waals surface area contributed by atoms with Gasteiger partial charge in [-0.05, 0) is 19.9 Å². The number of benzene rings is 1. The fourth-order valence-corrected chi connectivity index (χ4v) is 2.23. The number of halogens is 1. The van der Waals surface area contributed by atoms with E-state index in [1.165, 1.54) is 7.11 Å². The van der Waals surface area contributed by atoms with Gasteiger partial charge >= 0.3 is 5.97 Å². The second-order valence-electron chi connectivity index (χ2n) is 4.52. The first-order chi connectivity index (χ1) is 8.44. The lowest BCUT2D eigenvalue weighted by Crippen LogP contribution is -2.29. The Morgan fingerprint density at radius 3 is 2.61 bits per heavy atom. The predicted octanol–water partition coefficient (Wildman–Crippen LogP) is 2.71. The minimum Gasteiger partial charge on any atom is -0.467 e. The normalized spacial score (nSPS) is 26.0. The SMILES string of the molecule is COC(=O)[C@@H]1OC(C)(C)O[C@@H]1c1ccccc1Cl. The Kier molecular flexibility index (Phi) is 3.61. The second-order valence-corrected chi connectivity index (χ2v) is 4.93. The first-order valence-corrected chi connectivity index (χ1v) is 6.00. The Hall–Kier alpha value is -1.10. The molecule has 0 aromatic heterocycles. The number of hydrogen-bond acceptors (Lipinski definition) is 4. The monoisotopic (exact) mass is 270 g/mol. The lowest BCUT2D eigenvalue weighted by Gasteiger charge is -2.17. The molecule has 1 heterocycles. The summed E-state index contributed by atoms with van der Waals surface area (Å²) in [6, 6.07) is 7.22. The van der Waals surface area contributed by atoms with Gasteiger partial charge in [-0.25, -0.2) is 4.79 Å². The number of rotatable bonds is 2. The van der Waals surface area contributed by atoms with Crippen LogP contribution in [0.15, 0.2) is 24.3 Å². The zero-order chi connectivity index (χ0) is 13.3. The maximum Gasteiger partial charge on any atom is 0.338 e. The molecule has 5 heteroatoms. The van der Waals surface area contributed by atoms with Gasteiger partial charge in [-0.3, -0.25) is 0 Å². The summed E-state index contributed by atoms with van der Waals surface area (Å²) in [6.07, 6.45) is -1.36. The van der Waals surface area contributed by atoms with E-state index >= 15 is 0 Å². The molecule has 18 heavy (non-hydrogen) atoms. The van der Waals surface area contributed by atoms with Crippen LogP contribution in [0, 0.1) is 0 Å². The summed E-state index contributed by atoms with van der Waals surface area (Å²) < 4.78 is 16.0. The molecule has 0 N–H and O–H groups in total. The van der Waals surface area contributed by atoms with Gasteiger partial charge in [0, 0.05) is 10.6 Å². The van der Waals surface area contributed by atoms with Crippen LogP contribution in [-0.4, -0.2) is 25.0 Å². The summed E-state index contributed by atoms with van der Waals surface area (Å²) in [5, 5.41) is 0.540. The van der Waals surface area contributed by atoms with Crippen LogP contribution < -0.4 is 0 Å². The van der Waals surface area contributed by atoms with E-state index in [0.29, 0.717) is 5.02 Å². The van der Waals surface area contributed by atoms with Gasteiger partial charge in [0.2, 0.25) is 0 Å². The van der Waals surface area contributed by atoms with E-state index in [4.69, 9.17) is 25.8 Å². The number of esters is 1. The fraction of sp³-hybridized carbons (Fsp3) is 0.462. The largest absolute Gasteiger partial charge is 0.467 e. The highest BCUT2D eigenvalue weighted by Gasteiger charge is 2.47. The van der Waals surface area contributed by atoms with E-state index in [1.807, 2.05) is 18.2 Å². The Labute approximate surface area is 111 Å². The van der Waals surface area contributed by atoms with Crippen molar-refractivity contribution in [1.29, 1.82) is 0 Å². The first-order valence-electron chi connectivity index (χ1n) is 5.62. The summed E-state index contributed by atoms with van der Waals surface area (Å²) in [7, 11) is 1.32. The molecule has 4 nitrogen and oxygen atoms in total. The van der Waals surface area contributed by atoms with Crippen molar-refractivity contribution in [2.45, 2.75) is 31.8 Å². The number of carbonyl (C=O) groups excluding carboxylic acids is 1. The second kappa shape index (κ2) is 4.88. The van der Waals surface area contributed by atoms with Crippen molar-refractivity contribution in [2.75, 3.05) is 7.11 Å². The molecule has 0 aliphatic carbocycles. The van der Waals surface area contributed by atoms with Gasteiger partial charge in [0.1, 0.15) is 6.10 Å². The average molecular weight is 271 g/mol. The van der Waals surface area contributed by atoms with Gasteiger partial charge in [0.15, 0.2) is 11.9 Å². The molecule has 0 saturated carbocycles. The Bertz CT molecular complexity index is 458. The molecular formula is C13H15ClO4. The average Bonchev–Trinajstić information content (AvgIpc) is 2.65. The van der Waals surface area contributed by atoms with E-state index < -0.39 is 24.0 Å². The van der Waals surface area contributed by atoms with Crippen LogP contribution in [0.25, 0.3) is 0 Å². The fourth-order valence-electron chi connectivity index (χ4n) is 1.98. The van der Waals surface area contributed by atoms with Gasteiger partial charge in [-0.2, -0.15) is 0 Å².